The predicted octanol–water partition coefficient (Wildman–Crippen LogP) is 1.82. The van der Waals surface area contributed by atoms with Gasteiger partial charge in [0.2, 0.25) is 5.91 Å². The number of nitrogens with one attached hydrogen (secondary N) is 1. The van der Waals surface area contributed by atoms with Crippen molar-refractivity contribution in [1.29, 1.82) is 0 Å². The summed E-state index contributed by atoms with van der Waals surface area (Å²) in [5, 5.41) is 2.80. The Balaban J connectivity index is 2.33. The van der Waals surface area contributed by atoms with E-state index in [4.69, 9.17) is 5.73 Å². The summed E-state index contributed by atoms with van der Waals surface area (Å²) in [4.78, 5) is 36.2. The number of hydrogen-bond acceptors (Lipinski definition) is 3. The number of primary amides is 1. The van der Waals surface area contributed by atoms with E-state index in [-0.39, 0.29) is 18.0 Å². The van der Waals surface area contributed by atoms with Crippen LogP contribution in [0.15, 0.2) is 29.1 Å². The maximum Gasteiger partial charge on any atom is 0.264 e. The molecule has 0 saturated heterocycles. The lowest BCUT2D eigenvalue weighted by molar-refractivity contribution is -0.116. The molecule has 1 aromatic carbocycles. The zero-order valence-corrected chi connectivity index (χ0v) is 14.3. The van der Waals surface area contributed by atoms with Crippen LogP contribution >= 0.6 is 0 Å². The number of aromatic nitrogens is 1. The highest BCUT2D eigenvalue weighted by Gasteiger charge is 2.17. The molecule has 0 aliphatic heterocycles. The summed E-state index contributed by atoms with van der Waals surface area (Å²) in [6.45, 7) is 7.05. The molecule has 2 rings (SSSR count). The molecular weight excluding hydrogens is 306 g/mol. The van der Waals surface area contributed by atoms with E-state index in [1.807, 2.05) is 26.0 Å². The molecule has 0 spiro atoms. The molecule has 0 saturated carbocycles. The van der Waals surface area contributed by atoms with Crippen molar-refractivity contribution >= 4 is 17.5 Å². The molecule has 0 atom stereocenters. The first-order valence-corrected chi connectivity index (χ1v) is 7.59. The second kappa shape index (κ2) is 6.70. The largest absolute Gasteiger partial charge is 0.365 e. The lowest BCUT2D eigenvalue weighted by atomic mass is 10.1. The minimum Gasteiger partial charge on any atom is -0.365 e. The normalized spacial score (nSPS) is 10.5. The van der Waals surface area contributed by atoms with Crippen LogP contribution < -0.4 is 16.6 Å². The number of benzene rings is 1. The molecule has 1 heterocycles. The summed E-state index contributed by atoms with van der Waals surface area (Å²) in [5.74, 6) is -1.13. The van der Waals surface area contributed by atoms with Crippen molar-refractivity contribution in [2.75, 3.05) is 5.32 Å². The summed E-state index contributed by atoms with van der Waals surface area (Å²) in [5.41, 5.74) is 8.48. The van der Waals surface area contributed by atoms with E-state index in [1.165, 1.54) is 4.57 Å². The van der Waals surface area contributed by atoms with Gasteiger partial charge < -0.3 is 15.6 Å². The number of carbonyl (C=O) groups excluding carboxylic acids is 2. The van der Waals surface area contributed by atoms with Gasteiger partial charge in [-0.2, -0.15) is 0 Å². The Morgan fingerprint density at radius 1 is 1.12 bits per heavy atom. The Bertz CT molecular complexity index is 882. The molecule has 2 amide bonds. The van der Waals surface area contributed by atoms with Crippen LogP contribution in [0.5, 0.6) is 0 Å². The number of nitrogens with two attached hydrogens (primary N) is 1. The van der Waals surface area contributed by atoms with Crippen LogP contribution in [-0.4, -0.2) is 16.4 Å². The van der Waals surface area contributed by atoms with Crippen LogP contribution in [0.3, 0.4) is 0 Å². The van der Waals surface area contributed by atoms with Gasteiger partial charge in [-0.3, -0.25) is 14.4 Å². The maximum absolute atomic E-state index is 12.4. The Morgan fingerprint density at radius 2 is 1.79 bits per heavy atom. The number of carbonyl (C=O) groups is 2. The van der Waals surface area contributed by atoms with Crippen molar-refractivity contribution in [3.8, 4) is 0 Å². The topological polar surface area (TPSA) is 94.2 Å². The number of hydrogen-bond donors (Lipinski definition) is 2. The van der Waals surface area contributed by atoms with E-state index in [2.05, 4.69) is 5.32 Å². The van der Waals surface area contributed by atoms with Crippen molar-refractivity contribution in [2.24, 2.45) is 5.73 Å². The highest BCUT2D eigenvalue weighted by molar-refractivity contribution is 5.94. The highest BCUT2D eigenvalue weighted by atomic mass is 16.2. The Labute approximate surface area is 140 Å². The van der Waals surface area contributed by atoms with Gasteiger partial charge in [-0.1, -0.05) is 12.1 Å². The predicted molar refractivity (Wildman–Crippen MR) is 93.2 cm³/mol. The third-order valence-electron chi connectivity index (χ3n) is 4.13. The van der Waals surface area contributed by atoms with E-state index in [0.29, 0.717) is 16.9 Å². The van der Waals surface area contributed by atoms with Crippen LogP contribution in [0.1, 0.15) is 32.7 Å². The smallest absolute Gasteiger partial charge is 0.264 e. The van der Waals surface area contributed by atoms with Crippen molar-refractivity contribution in [1.82, 2.24) is 4.57 Å². The highest BCUT2D eigenvalue weighted by Crippen LogP contribution is 2.18. The van der Waals surface area contributed by atoms with Crippen LogP contribution in [0.25, 0.3) is 0 Å². The Hall–Kier alpha value is -2.89. The molecule has 0 radical (unpaired) electrons. The van der Waals surface area contributed by atoms with E-state index in [9.17, 15) is 14.4 Å². The number of amides is 2. The van der Waals surface area contributed by atoms with Gasteiger partial charge in [-0.05, 0) is 56.5 Å². The maximum atomic E-state index is 12.4. The van der Waals surface area contributed by atoms with Crippen LogP contribution in [0.2, 0.25) is 0 Å². The summed E-state index contributed by atoms with van der Waals surface area (Å²) >= 11 is 0. The van der Waals surface area contributed by atoms with Crippen LogP contribution in [0.4, 0.5) is 5.69 Å². The second-order valence-corrected chi connectivity index (χ2v) is 5.89. The molecule has 0 aliphatic carbocycles. The summed E-state index contributed by atoms with van der Waals surface area (Å²) in [6, 6.07) is 7.29. The fourth-order valence-corrected chi connectivity index (χ4v) is 2.64. The molecule has 0 unspecified atom stereocenters. The van der Waals surface area contributed by atoms with E-state index < -0.39 is 11.5 Å². The van der Waals surface area contributed by atoms with E-state index >= 15 is 0 Å². The third kappa shape index (κ3) is 3.37. The van der Waals surface area contributed by atoms with Gasteiger partial charge >= 0.3 is 0 Å². The van der Waals surface area contributed by atoms with Gasteiger partial charge in [-0.15, -0.1) is 0 Å². The van der Waals surface area contributed by atoms with E-state index in [0.717, 1.165) is 11.1 Å². The first-order chi connectivity index (χ1) is 11.2. The molecule has 3 N–H and O–H groups in total. The first-order valence-electron chi connectivity index (χ1n) is 7.59. The molecule has 0 fully saturated rings. The minimum absolute atomic E-state index is 0.0832. The fourth-order valence-electron chi connectivity index (χ4n) is 2.64. The zero-order chi connectivity index (χ0) is 18.0. The van der Waals surface area contributed by atoms with Crippen molar-refractivity contribution in [3.05, 3.63) is 62.6 Å². The quantitative estimate of drug-likeness (QED) is 0.897. The summed E-state index contributed by atoms with van der Waals surface area (Å²) < 4.78 is 1.26. The number of anilines is 1. The molecule has 126 valence electrons. The average Bonchev–Trinajstić information content (AvgIpc) is 2.47. The monoisotopic (exact) mass is 327 g/mol. The standard InChI is InChI=1S/C18H21N3O3/c1-10-6-5-7-14(13(10)4)20-15(22)9-21-12(3)8-11(2)16(17(19)23)18(21)24/h5-8H,9H2,1-4H3,(H2,19,23)(H,20,22). The van der Waals surface area contributed by atoms with Crippen LogP contribution in [0, 0.1) is 27.7 Å². The number of rotatable bonds is 4. The van der Waals surface area contributed by atoms with Crippen molar-refractivity contribution < 1.29 is 9.59 Å². The van der Waals surface area contributed by atoms with E-state index in [1.54, 1.807) is 26.0 Å². The van der Waals surface area contributed by atoms with Gasteiger partial charge in [-0.25, -0.2) is 0 Å². The average molecular weight is 327 g/mol. The van der Waals surface area contributed by atoms with Gasteiger partial charge in [0, 0.05) is 11.4 Å². The Kier molecular flexibility index (Phi) is 4.87. The molecule has 0 bridgehead atoms. The molecule has 6 nitrogen and oxygen atoms in total. The molecule has 24 heavy (non-hydrogen) atoms. The van der Waals surface area contributed by atoms with Gasteiger partial charge in [0.15, 0.2) is 0 Å². The molecule has 0 aliphatic rings. The van der Waals surface area contributed by atoms with Gasteiger partial charge in [0.1, 0.15) is 12.1 Å². The van der Waals surface area contributed by atoms with Crippen molar-refractivity contribution in [2.45, 2.75) is 34.2 Å². The zero-order valence-electron chi connectivity index (χ0n) is 14.3. The summed E-state index contributed by atoms with van der Waals surface area (Å²) in [6.07, 6.45) is 0. The fraction of sp³-hybridized carbons (Fsp3) is 0.278. The number of aryl methyl sites for hydroxylation is 3. The number of pyridine rings is 1. The second-order valence-electron chi connectivity index (χ2n) is 5.89. The Morgan fingerprint density at radius 3 is 2.42 bits per heavy atom. The SMILES string of the molecule is Cc1cccc(NC(=O)Cn2c(C)cc(C)c(C(N)=O)c2=O)c1C. The van der Waals surface area contributed by atoms with Gasteiger partial charge in [0.05, 0.1) is 0 Å². The molecular formula is C18H21N3O3. The molecule has 2 aromatic rings. The molecule has 6 heteroatoms. The van der Waals surface area contributed by atoms with Crippen LogP contribution in [-0.2, 0) is 11.3 Å². The van der Waals surface area contributed by atoms with Gasteiger partial charge in [0.25, 0.3) is 11.5 Å². The lowest BCUT2D eigenvalue weighted by Crippen LogP contribution is -2.35. The number of nitrogens with zero attached hydrogens (tertiary/aromatic N) is 1. The third-order valence-corrected chi connectivity index (χ3v) is 4.13. The minimum atomic E-state index is -0.791. The first kappa shape index (κ1) is 17.5. The lowest BCUT2D eigenvalue weighted by Gasteiger charge is -2.14. The summed E-state index contributed by atoms with van der Waals surface area (Å²) in [7, 11) is 0. The molecule has 1 aromatic heterocycles. The van der Waals surface area contributed by atoms with Crippen molar-refractivity contribution in [3.63, 3.8) is 0 Å².